The summed E-state index contributed by atoms with van der Waals surface area (Å²) in [6, 6.07) is 4.58. The summed E-state index contributed by atoms with van der Waals surface area (Å²) < 4.78 is 11.3. The lowest BCUT2D eigenvalue weighted by molar-refractivity contribution is 0.0168. The van der Waals surface area contributed by atoms with Crippen LogP contribution in [0.4, 0.5) is 0 Å². The second-order valence-electron chi connectivity index (χ2n) is 6.70. The van der Waals surface area contributed by atoms with E-state index in [9.17, 15) is 0 Å². The van der Waals surface area contributed by atoms with Crippen LogP contribution in [0.1, 0.15) is 37.1 Å². The number of likely N-dealkylation sites (N-methyl/N-ethyl adjacent to an activating group) is 1. The van der Waals surface area contributed by atoms with Crippen LogP contribution < -0.4 is 10.6 Å². The average Bonchev–Trinajstić information content (AvgIpc) is 3.31. The van der Waals surface area contributed by atoms with E-state index in [1.165, 1.54) is 4.88 Å². The van der Waals surface area contributed by atoms with Gasteiger partial charge in [-0.15, -0.1) is 11.3 Å². The summed E-state index contributed by atoms with van der Waals surface area (Å²) in [5, 5.41) is 8.84. The number of guanidine groups is 1. The number of hydrogen-bond donors (Lipinski definition) is 2. The van der Waals surface area contributed by atoms with Crippen LogP contribution in [0.5, 0.6) is 0 Å². The standard InChI is InChI=1S/C19H34N4O2S/c1-4-20-19(21-10-7-11-24-15-16-8-5-12-25-16)22-14-17(23(2)3)18-9-6-13-26-18/h6,9,13,16-17H,4-5,7-8,10-12,14-15H2,1-3H3,(H2,20,21,22). The molecule has 0 bridgehead atoms. The molecule has 1 aromatic heterocycles. The highest BCUT2D eigenvalue weighted by Crippen LogP contribution is 2.23. The van der Waals surface area contributed by atoms with Crippen LogP contribution in [0, 0.1) is 0 Å². The minimum atomic E-state index is 0.306. The molecule has 0 saturated carbocycles. The van der Waals surface area contributed by atoms with Gasteiger partial charge >= 0.3 is 0 Å². The summed E-state index contributed by atoms with van der Waals surface area (Å²) >= 11 is 1.78. The quantitative estimate of drug-likeness (QED) is 0.350. The molecule has 6 nitrogen and oxygen atoms in total. The van der Waals surface area contributed by atoms with Crippen molar-refractivity contribution in [1.82, 2.24) is 15.5 Å². The van der Waals surface area contributed by atoms with Gasteiger partial charge in [0.2, 0.25) is 0 Å². The normalized spacial score (nSPS) is 19.1. The van der Waals surface area contributed by atoms with Crippen LogP contribution in [0.25, 0.3) is 0 Å². The first-order chi connectivity index (χ1) is 12.7. The Morgan fingerprint density at radius 2 is 2.35 bits per heavy atom. The van der Waals surface area contributed by atoms with E-state index in [1.807, 2.05) is 0 Å². The molecule has 1 aliphatic rings. The third kappa shape index (κ3) is 7.61. The van der Waals surface area contributed by atoms with Gasteiger partial charge in [-0.05, 0) is 51.7 Å². The zero-order chi connectivity index (χ0) is 18.6. The second kappa shape index (κ2) is 12.3. The predicted octanol–water partition coefficient (Wildman–Crippen LogP) is 2.49. The van der Waals surface area contributed by atoms with Gasteiger partial charge < -0.3 is 25.0 Å². The molecule has 2 unspecified atom stereocenters. The SMILES string of the molecule is CCNC(=NCC(c1cccs1)N(C)C)NCCCOCC1CCCO1. The zero-order valence-electron chi connectivity index (χ0n) is 16.4. The van der Waals surface area contributed by atoms with Gasteiger partial charge in [-0.25, -0.2) is 0 Å². The van der Waals surface area contributed by atoms with Crippen molar-refractivity contribution in [3.05, 3.63) is 22.4 Å². The van der Waals surface area contributed by atoms with Crippen molar-refractivity contribution in [3.63, 3.8) is 0 Å². The Kier molecular flexibility index (Phi) is 9.99. The Balaban J connectivity index is 1.69. The Morgan fingerprint density at radius 3 is 3.00 bits per heavy atom. The van der Waals surface area contributed by atoms with Gasteiger partial charge in [-0.2, -0.15) is 0 Å². The lowest BCUT2D eigenvalue weighted by Crippen LogP contribution is -2.38. The monoisotopic (exact) mass is 382 g/mol. The molecule has 1 aliphatic heterocycles. The average molecular weight is 383 g/mol. The first-order valence-electron chi connectivity index (χ1n) is 9.62. The van der Waals surface area contributed by atoms with Gasteiger partial charge in [0.25, 0.3) is 0 Å². The summed E-state index contributed by atoms with van der Waals surface area (Å²) in [5.41, 5.74) is 0. The maximum atomic E-state index is 5.71. The van der Waals surface area contributed by atoms with Gasteiger partial charge in [0.15, 0.2) is 5.96 Å². The molecular formula is C19H34N4O2S. The topological polar surface area (TPSA) is 58.1 Å². The molecule has 2 N–H and O–H groups in total. The highest BCUT2D eigenvalue weighted by atomic mass is 32.1. The molecule has 7 heteroatoms. The fraction of sp³-hybridized carbons (Fsp3) is 0.737. The molecule has 1 aromatic rings. The van der Waals surface area contributed by atoms with E-state index < -0.39 is 0 Å². The summed E-state index contributed by atoms with van der Waals surface area (Å²) in [4.78, 5) is 8.34. The Morgan fingerprint density at radius 1 is 1.46 bits per heavy atom. The van der Waals surface area contributed by atoms with Crippen molar-refractivity contribution >= 4 is 17.3 Å². The minimum Gasteiger partial charge on any atom is -0.379 e. The van der Waals surface area contributed by atoms with Gasteiger partial charge in [-0.1, -0.05) is 6.07 Å². The van der Waals surface area contributed by atoms with Crippen LogP contribution in [-0.2, 0) is 9.47 Å². The molecule has 26 heavy (non-hydrogen) atoms. The fourth-order valence-corrected chi connectivity index (χ4v) is 3.79. The minimum absolute atomic E-state index is 0.306. The van der Waals surface area contributed by atoms with E-state index >= 15 is 0 Å². The number of ether oxygens (including phenoxy) is 2. The molecule has 2 atom stereocenters. The summed E-state index contributed by atoms with van der Waals surface area (Å²) in [5.74, 6) is 0.870. The third-order valence-corrected chi connectivity index (χ3v) is 5.32. The van der Waals surface area contributed by atoms with Crippen molar-refractivity contribution in [2.45, 2.75) is 38.3 Å². The maximum absolute atomic E-state index is 5.71. The van der Waals surface area contributed by atoms with Crippen LogP contribution in [0.15, 0.2) is 22.5 Å². The molecule has 1 saturated heterocycles. The molecule has 0 radical (unpaired) electrons. The van der Waals surface area contributed by atoms with E-state index in [-0.39, 0.29) is 0 Å². The van der Waals surface area contributed by atoms with Crippen LogP contribution >= 0.6 is 11.3 Å². The van der Waals surface area contributed by atoms with E-state index in [2.05, 4.69) is 54.1 Å². The largest absolute Gasteiger partial charge is 0.379 e. The molecule has 1 fully saturated rings. The number of nitrogens with zero attached hydrogens (tertiary/aromatic N) is 2. The first-order valence-corrected chi connectivity index (χ1v) is 10.5. The van der Waals surface area contributed by atoms with E-state index in [4.69, 9.17) is 14.5 Å². The van der Waals surface area contributed by atoms with Crippen molar-refractivity contribution in [2.75, 3.05) is 53.6 Å². The highest BCUT2D eigenvalue weighted by molar-refractivity contribution is 7.10. The van der Waals surface area contributed by atoms with E-state index in [0.29, 0.717) is 12.1 Å². The fourth-order valence-electron chi connectivity index (χ4n) is 2.88. The molecule has 0 aromatic carbocycles. The summed E-state index contributed by atoms with van der Waals surface area (Å²) in [6.45, 7) is 6.89. The predicted molar refractivity (Wildman–Crippen MR) is 109 cm³/mol. The van der Waals surface area contributed by atoms with Crippen LogP contribution in [0.2, 0.25) is 0 Å². The van der Waals surface area contributed by atoms with Gasteiger partial charge in [0.1, 0.15) is 0 Å². The Labute approximate surface area is 162 Å². The maximum Gasteiger partial charge on any atom is 0.191 e. The Bertz CT molecular complexity index is 502. The van der Waals surface area contributed by atoms with Crippen molar-refractivity contribution in [1.29, 1.82) is 0 Å². The van der Waals surface area contributed by atoms with Gasteiger partial charge in [-0.3, -0.25) is 4.99 Å². The van der Waals surface area contributed by atoms with Gasteiger partial charge in [0, 0.05) is 31.2 Å². The smallest absolute Gasteiger partial charge is 0.191 e. The summed E-state index contributed by atoms with van der Waals surface area (Å²) in [6.07, 6.45) is 3.56. The van der Waals surface area contributed by atoms with Gasteiger partial charge in [0.05, 0.1) is 25.3 Å². The van der Waals surface area contributed by atoms with Crippen molar-refractivity contribution in [2.24, 2.45) is 4.99 Å². The number of thiophene rings is 1. The van der Waals surface area contributed by atoms with Crippen molar-refractivity contribution < 1.29 is 9.47 Å². The Hall–Kier alpha value is -1.15. The zero-order valence-corrected chi connectivity index (χ0v) is 17.2. The summed E-state index contributed by atoms with van der Waals surface area (Å²) in [7, 11) is 4.21. The molecular weight excluding hydrogens is 348 g/mol. The number of rotatable bonds is 11. The molecule has 0 spiro atoms. The number of aliphatic imine (C=N–C) groups is 1. The molecule has 148 valence electrons. The second-order valence-corrected chi connectivity index (χ2v) is 7.68. The van der Waals surface area contributed by atoms with E-state index in [1.54, 1.807) is 11.3 Å². The van der Waals surface area contributed by atoms with Crippen LogP contribution in [-0.4, -0.2) is 70.5 Å². The van der Waals surface area contributed by atoms with Crippen LogP contribution in [0.3, 0.4) is 0 Å². The first kappa shape index (κ1) is 21.2. The molecule has 0 aliphatic carbocycles. The lowest BCUT2D eigenvalue weighted by atomic mass is 10.2. The molecule has 2 rings (SSSR count). The molecule has 2 heterocycles. The number of hydrogen-bond acceptors (Lipinski definition) is 5. The lowest BCUT2D eigenvalue weighted by Gasteiger charge is -2.22. The third-order valence-electron chi connectivity index (χ3n) is 4.35. The van der Waals surface area contributed by atoms with Crippen molar-refractivity contribution in [3.8, 4) is 0 Å². The highest BCUT2D eigenvalue weighted by Gasteiger charge is 2.16. The molecule has 0 amide bonds. The van der Waals surface area contributed by atoms with E-state index in [0.717, 1.165) is 64.7 Å². The number of nitrogens with one attached hydrogen (secondary N) is 2.